The van der Waals surface area contributed by atoms with Gasteiger partial charge in [-0.25, -0.2) is 15.0 Å². The Morgan fingerprint density at radius 2 is 2.20 bits per heavy atom. The van der Waals surface area contributed by atoms with Crippen LogP contribution in [0.25, 0.3) is 11.2 Å². The summed E-state index contributed by atoms with van der Waals surface area (Å²) in [5, 5.41) is 0.444. The van der Waals surface area contributed by atoms with Gasteiger partial charge in [0.15, 0.2) is 10.8 Å². The SMILES string of the molecule is CC(C)=CCn1cnc2ncnc(Cl)c21. The topological polar surface area (TPSA) is 43.6 Å². The van der Waals surface area contributed by atoms with Gasteiger partial charge in [-0.1, -0.05) is 23.3 Å². The average Bonchev–Trinajstić information content (AvgIpc) is 2.59. The molecule has 15 heavy (non-hydrogen) atoms. The van der Waals surface area contributed by atoms with Crippen molar-refractivity contribution >= 4 is 22.8 Å². The number of fused-ring (bicyclic) bond motifs is 1. The van der Waals surface area contributed by atoms with Crippen molar-refractivity contribution in [1.82, 2.24) is 19.5 Å². The molecule has 0 unspecified atom stereocenters. The van der Waals surface area contributed by atoms with E-state index in [9.17, 15) is 0 Å². The first-order valence-corrected chi connectivity index (χ1v) is 5.01. The van der Waals surface area contributed by atoms with Crippen LogP contribution in [0.2, 0.25) is 5.15 Å². The molecule has 0 aliphatic rings. The minimum Gasteiger partial charge on any atom is -0.323 e. The normalized spacial score (nSPS) is 10.6. The molecular formula is C10H11ClN4. The first-order valence-electron chi connectivity index (χ1n) is 4.63. The monoisotopic (exact) mass is 222 g/mol. The van der Waals surface area contributed by atoms with Crippen LogP contribution < -0.4 is 0 Å². The summed E-state index contributed by atoms with van der Waals surface area (Å²) in [6, 6.07) is 0. The molecule has 4 nitrogen and oxygen atoms in total. The maximum Gasteiger partial charge on any atom is 0.182 e. The van der Waals surface area contributed by atoms with E-state index in [0.717, 1.165) is 12.1 Å². The summed E-state index contributed by atoms with van der Waals surface area (Å²) in [5.41, 5.74) is 2.68. The molecular weight excluding hydrogens is 212 g/mol. The second-order valence-electron chi connectivity index (χ2n) is 3.52. The molecule has 0 atom stereocenters. The van der Waals surface area contributed by atoms with E-state index in [4.69, 9.17) is 11.6 Å². The molecule has 0 N–H and O–H groups in total. The second kappa shape index (κ2) is 3.98. The number of hydrogen-bond donors (Lipinski definition) is 0. The molecule has 5 heteroatoms. The zero-order valence-corrected chi connectivity index (χ0v) is 9.36. The van der Waals surface area contributed by atoms with Gasteiger partial charge in [-0.15, -0.1) is 0 Å². The van der Waals surface area contributed by atoms with Gasteiger partial charge < -0.3 is 4.57 Å². The van der Waals surface area contributed by atoms with Crippen molar-refractivity contribution in [1.29, 1.82) is 0 Å². The number of imidazole rings is 1. The summed E-state index contributed by atoms with van der Waals surface area (Å²) in [4.78, 5) is 12.1. The van der Waals surface area contributed by atoms with E-state index in [1.807, 2.05) is 4.57 Å². The van der Waals surface area contributed by atoms with E-state index in [1.165, 1.54) is 11.9 Å². The number of allylic oxidation sites excluding steroid dienone is 2. The van der Waals surface area contributed by atoms with Crippen molar-refractivity contribution in [2.45, 2.75) is 20.4 Å². The molecule has 2 heterocycles. The Morgan fingerprint density at radius 1 is 1.40 bits per heavy atom. The highest BCUT2D eigenvalue weighted by molar-refractivity contribution is 6.33. The number of halogens is 1. The molecule has 2 rings (SSSR count). The number of rotatable bonds is 2. The summed E-state index contributed by atoms with van der Waals surface area (Å²) in [6.07, 6.45) is 5.25. The molecule has 0 radical (unpaired) electrons. The lowest BCUT2D eigenvalue weighted by molar-refractivity contribution is 0.841. The predicted octanol–water partition coefficient (Wildman–Crippen LogP) is 2.45. The van der Waals surface area contributed by atoms with Gasteiger partial charge in [-0.2, -0.15) is 0 Å². The van der Waals surface area contributed by atoms with Gasteiger partial charge in [0.1, 0.15) is 11.8 Å². The Morgan fingerprint density at radius 3 is 2.93 bits per heavy atom. The number of hydrogen-bond acceptors (Lipinski definition) is 3. The Labute approximate surface area is 92.6 Å². The summed E-state index contributed by atoms with van der Waals surface area (Å²) in [7, 11) is 0. The average molecular weight is 223 g/mol. The fraction of sp³-hybridized carbons (Fsp3) is 0.300. The summed E-state index contributed by atoms with van der Waals surface area (Å²) >= 11 is 5.99. The molecule has 2 aromatic rings. The van der Waals surface area contributed by atoms with E-state index in [0.29, 0.717) is 10.8 Å². The molecule has 0 saturated heterocycles. The number of nitrogens with zero attached hydrogens (tertiary/aromatic N) is 4. The van der Waals surface area contributed by atoms with E-state index >= 15 is 0 Å². The lowest BCUT2D eigenvalue weighted by atomic mass is 10.3. The highest BCUT2D eigenvalue weighted by atomic mass is 35.5. The first-order chi connectivity index (χ1) is 7.18. The van der Waals surface area contributed by atoms with E-state index in [-0.39, 0.29) is 0 Å². The van der Waals surface area contributed by atoms with Crippen LogP contribution in [0.1, 0.15) is 13.8 Å². The fourth-order valence-electron chi connectivity index (χ4n) is 1.29. The van der Waals surface area contributed by atoms with Crippen molar-refractivity contribution in [2.75, 3.05) is 0 Å². The molecule has 0 aromatic carbocycles. The van der Waals surface area contributed by atoms with Crippen LogP contribution in [0.5, 0.6) is 0 Å². The van der Waals surface area contributed by atoms with Crippen molar-refractivity contribution in [3.05, 3.63) is 29.5 Å². The molecule has 0 amide bonds. The van der Waals surface area contributed by atoms with Crippen LogP contribution in [0, 0.1) is 0 Å². The van der Waals surface area contributed by atoms with Crippen LogP contribution >= 0.6 is 11.6 Å². The Hall–Kier alpha value is -1.42. The van der Waals surface area contributed by atoms with Crippen LogP contribution in [0.15, 0.2) is 24.3 Å². The van der Waals surface area contributed by atoms with Gasteiger partial charge in [0, 0.05) is 6.54 Å². The Kier molecular flexibility index (Phi) is 2.68. The smallest absolute Gasteiger partial charge is 0.182 e. The van der Waals surface area contributed by atoms with Gasteiger partial charge >= 0.3 is 0 Å². The quantitative estimate of drug-likeness (QED) is 0.579. The molecule has 0 fully saturated rings. The first kappa shape index (κ1) is 10.1. The van der Waals surface area contributed by atoms with Gasteiger partial charge in [0.05, 0.1) is 6.33 Å². The van der Waals surface area contributed by atoms with Crippen molar-refractivity contribution in [3.63, 3.8) is 0 Å². The van der Waals surface area contributed by atoms with Crippen LogP contribution in [0.4, 0.5) is 0 Å². The number of aromatic nitrogens is 4. The largest absolute Gasteiger partial charge is 0.323 e. The summed E-state index contributed by atoms with van der Waals surface area (Å²) in [6.45, 7) is 4.85. The van der Waals surface area contributed by atoms with Gasteiger partial charge in [0.25, 0.3) is 0 Å². The maximum absolute atomic E-state index is 5.99. The standard InChI is InChI=1S/C10H11ClN4/c1-7(2)3-4-15-6-14-10-8(15)9(11)12-5-13-10/h3,5-6H,4H2,1-2H3. The highest BCUT2D eigenvalue weighted by Gasteiger charge is 2.07. The highest BCUT2D eigenvalue weighted by Crippen LogP contribution is 2.17. The molecule has 0 bridgehead atoms. The van der Waals surface area contributed by atoms with Crippen molar-refractivity contribution < 1.29 is 0 Å². The van der Waals surface area contributed by atoms with Crippen LogP contribution in [0.3, 0.4) is 0 Å². The van der Waals surface area contributed by atoms with E-state index in [2.05, 4.69) is 34.9 Å². The van der Waals surface area contributed by atoms with Gasteiger partial charge in [-0.05, 0) is 13.8 Å². The third kappa shape index (κ3) is 1.99. The molecule has 0 spiro atoms. The lowest BCUT2D eigenvalue weighted by Crippen LogP contribution is -1.95. The Balaban J connectivity index is 2.48. The van der Waals surface area contributed by atoms with Crippen LogP contribution in [-0.2, 0) is 6.54 Å². The predicted molar refractivity (Wildman–Crippen MR) is 59.8 cm³/mol. The fourth-order valence-corrected chi connectivity index (χ4v) is 1.53. The minimum atomic E-state index is 0.444. The molecule has 0 saturated carbocycles. The van der Waals surface area contributed by atoms with E-state index in [1.54, 1.807) is 6.33 Å². The minimum absolute atomic E-state index is 0.444. The molecule has 78 valence electrons. The zero-order valence-electron chi connectivity index (χ0n) is 8.61. The second-order valence-corrected chi connectivity index (χ2v) is 3.87. The van der Waals surface area contributed by atoms with Gasteiger partial charge in [0.2, 0.25) is 0 Å². The summed E-state index contributed by atoms with van der Waals surface area (Å²) < 4.78 is 1.94. The van der Waals surface area contributed by atoms with Crippen LogP contribution in [-0.4, -0.2) is 19.5 Å². The maximum atomic E-state index is 5.99. The molecule has 0 aliphatic heterocycles. The van der Waals surface area contributed by atoms with Crippen molar-refractivity contribution in [2.24, 2.45) is 0 Å². The third-order valence-corrected chi connectivity index (χ3v) is 2.34. The third-order valence-electron chi connectivity index (χ3n) is 2.06. The zero-order chi connectivity index (χ0) is 10.8. The molecule has 0 aliphatic carbocycles. The molecule has 2 aromatic heterocycles. The lowest BCUT2D eigenvalue weighted by Gasteiger charge is -2.00. The van der Waals surface area contributed by atoms with Gasteiger partial charge in [-0.3, -0.25) is 0 Å². The van der Waals surface area contributed by atoms with Crippen molar-refractivity contribution in [3.8, 4) is 0 Å². The van der Waals surface area contributed by atoms with E-state index < -0.39 is 0 Å². The summed E-state index contributed by atoms with van der Waals surface area (Å²) in [5.74, 6) is 0. The Bertz CT molecular complexity index is 511.